The average Bonchev–Trinajstić information content (AvgIpc) is 2.75. The molecule has 3 nitrogen and oxygen atoms in total. The fourth-order valence-corrected chi connectivity index (χ4v) is 2.89. The minimum atomic E-state index is -4.42. The fraction of sp³-hybridized carbons (Fsp3) is 0.500. The molecule has 2 aliphatic heterocycles. The van der Waals surface area contributed by atoms with Crippen LogP contribution in [-0.4, -0.2) is 25.3 Å². The van der Waals surface area contributed by atoms with Gasteiger partial charge in [0.25, 0.3) is 0 Å². The van der Waals surface area contributed by atoms with E-state index >= 15 is 0 Å². The third kappa shape index (κ3) is 2.34. The summed E-state index contributed by atoms with van der Waals surface area (Å²) in [6.07, 6.45) is -2.22. The highest BCUT2D eigenvalue weighted by Crippen LogP contribution is 2.35. The molecule has 0 saturated carbocycles. The van der Waals surface area contributed by atoms with Crippen LogP contribution in [0.4, 0.5) is 18.9 Å². The van der Waals surface area contributed by atoms with Crippen molar-refractivity contribution in [3.05, 3.63) is 29.3 Å². The van der Waals surface area contributed by atoms with Gasteiger partial charge in [0.05, 0.1) is 29.0 Å². The maximum absolute atomic E-state index is 12.7. The lowest BCUT2D eigenvalue weighted by Gasteiger charge is -2.34. The maximum atomic E-state index is 12.7. The van der Waals surface area contributed by atoms with Crippen molar-refractivity contribution in [2.45, 2.75) is 31.2 Å². The number of rotatable bonds is 1. The van der Waals surface area contributed by atoms with Crippen molar-refractivity contribution in [1.82, 2.24) is 0 Å². The number of benzene rings is 1. The first-order chi connectivity index (χ1) is 9.47. The summed E-state index contributed by atoms with van der Waals surface area (Å²) >= 11 is 0. The summed E-state index contributed by atoms with van der Waals surface area (Å²) in [7, 11) is 0. The second kappa shape index (κ2) is 4.67. The van der Waals surface area contributed by atoms with Gasteiger partial charge in [0.2, 0.25) is 0 Å². The Labute approximate surface area is 114 Å². The molecule has 0 radical (unpaired) electrons. The molecule has 0 amide bonds. The zero-order valence-electron chi connectivity index (χ0n) is 10.7. The summed E-state index contributed by atoms with van der Waals surface area (Å²) in [6, 6.07) is 5.23. The van der Waals surface area contributed by atoms with Gasteiger partial charge in [-0.3, -0.25) is 0 Å². The fourth-order valence-electron chi connectivity index (χ4n) is 2.89. The number of halogens is 3. The van der Waals surface area contributed by atoms with Crippen molar-refractivity contribution >= 4 is 5.69 Å². The van der Waals surface area contributed by atoms with E-state index in [1.165, 1.54) is 6.07 Å². The van der Waals surface area contributed by atoms with Crippen LogP contribution in [-0.2, 0) is 10.9 Å². The highest BCUT2D eigenvalue weighted by Gasteiger charge is 2.36. The molecule has 2 saturated heterocycles. The van der Waals surface area contributed by atoms with E-state index in [0.29, 0.717) is 18.8 Å². The standard InChI is InChI=1S/C14H13F3N2O/c15-14(16,17)10-1-4-13(9(5-10)6-18)19-7-11-2-3-12(8-19)20-11/h1,4-5,11-12H,2-3,7-8H2. The molecule has 0 spiro atoms. The van der Waals surface area contributed by atoms with Crippen molar-refractivity contribution in [2.75, 3.05) is 18.0 Å². The van der Waals surface area contributed by atoms with Gasteiger partial charge in [0.1, 0.15) is 6.07 Å². The summed E-state index contributed by atoms with van der Waals surface area (Å²) in [5.74, 6) is 0. The van der Waals surface area contributed by atoms with E-state index in [1.807, 2.05) is 11.0 Å². The molecule has 2 unspecified atom stereocenters. The van der Waals surface area contributed by atoms with Crippen LogP contribution in [0.1, 0.15) is 24.0 Å². The van der Waals surface area contributed by atoms with Crippen molar-refractivity contribution in [3.63, 3.8) is 0 Å². The van der Waals surface area contributed by atoms with E-state index in [2.05, 4.69) is 0 Å². The highest BCUT2D eigenvalue weighted by molar-refractivity contribution is 5.61. The Kier molecular flexibility index (Phi) is 3.09. The number of ether oxygens (including phenoxy) is 1. The summed E-state index contributed by atoms with van der Waals surface area (Å²) in [4.78, 5) is 1.96. The number of hydrogen-bond acceptors (Lipinski definition) is 3. The van der Waals surface area contributed by atoms with Crippen molar-refractivity contribution in [2.24, 2.45) is 0 Å². The third-order valence-corrected chi connectivity index (χ3v) is 3.83. The van der Waals surface area contributed by atoms with Gasteiger partial charge < -0.3 is 9.64 Å². The van der Waals surface area contributed by atoms with Crippen LogP contribution in [0.5, 0.6) is 0 Å². The van der Waals surface area contributed by atoms with Crippen LogP contribution >= 0.6 is 0 Å². The summed E-state index contributed by atoms with van der Waals surface area (Å²) < 4.78 is 43.7. The summed E-state index contributed by atoms with van der Waals surface area (Å²) in [6.45, 7) is 1.27. The molecule has 3 rings (SSSR count). The Morgan fingerprint density at radius 1 is 1.20 bits per heavy atom. The number of nitrogens with zero attached hydrogens (tertiary/aromatic N) is 2. The lowest BCUT2D eigenvalue weighted by atomic mass is 10.1. The van der Waals surface area contributed by atoms with Gasteiger partial charge in [-0.05, 0) is 31.0 Å². The molecule has 2 heterocycles. The van der Waals surface area contributed by atoms with Crippen LogP contribution < -0.4 is 4.90 Å². The molecule has 6 heteroatoms. The van der Waals surface area contributed by atoms with E-state index in [0.717, 1.165) is 25.0 Å². The van der Waals surface area contributed by atoms with Gasteiger partial charge in [0.15, 0.2) is 0 Å². The Bertz CT molecular complexity index is 553. The number of fused-ring (bicyclic) bond motifs is 2. The predicted molar refractivity (Wildman–Crippen MR) is 66.3 cm³/mol. The number of morpholine rings is 1. The smallest absolute Gasteiger partial charge is 0.371 e. The molecule has 0 aromatic heterocycles. The van der Waals surface area contributed by atoms with Gasteiger partial charge in [-0.25, -0.2) is 0 Å². The highest BCUT2D eigenvalue weighted by atomic mass is 19.4. The number of hydrogen-bond donors (Lipinski definition) is 0. The molecule has 2 atom stereocenters. The lowest BCUT2D eigenvalue weighted by molar-refractivity contribution is -0.137. The zero-order valence-corrected chi connectivity index (χ0v) is 10.7. The van der Waals surface area contributed by atoms with Gasteiger partial charge in [-0.15, -0.1) is 0 Å². The second-order valence-corrected chi connectivity index (χ2v) is 5.20. The molecule has 106 valence electrons. The molecule has 2 bridgehead atoms. The van der Waals surface area contributed by atoms with E-state index < -0.39 is 11.7 Å². The molecule has 0 N–H and O–H groups in total. The number of nitriles is 1. The first kappa shape index (κ1) is 13.3. The largest absolute Gasteiger partial charge is 0.416 e. The molecular formula is C14H13F3N2O. The molecule has 20 heavy (non-hydrogen) atoms. The second-order valence-electron chi connectivity index (χ2n) is 5.20. The molecule has 0 aliphatic carbocycles. The number of alkyl halides is 3. The van der Waals surface area contributed by atoms with Gasteiger partial charge >= 0.3 is 6.18 Å². The quantitative estimate of drug-likeness (QED) is 0.794. The Morgan fingerprint density at radius 3 is 2.40 bits per heavy atom. The summed E-state index contributed by atoms with van der Waals surface area (Å²) in [5, 5.41) is 9.11. The SMILES string of the molecule is N#Cc1cc(C(F)(F)F)ccc1N1CC2CCC(C1)O2. The Hall–Kier alpha value is -1.74. The van der Waals surface area contributed by atoms with E-state index in [1.54, 1.807) is 0 Å². The average molecular weight is 282 g/mol. The maximum Gasteiger partial charge on any atom is 0.416 e. The Morgan fingerprint density at radius 2 is 1.85 bits per heavy atom. The lowest BCUT2D eigenvalue weighted by Crippen LogP contribution is -2.43. The van der Waals surface area contributed by atoms with E-state index in [4.69, 9.17) is 10.00 Å². The van der Waals surface area contributed by atoms with Crippen LogP contribution in [0.15, 0.2) is 18.2 Å². The minimum Gasteiger partial charge on any atom is -0.371 e. The van der Waals surface area contributed by atoms with E-state index in [-0.39, 0.29) is 17.8 Å². The number of anilines is 1. The van der Waals surface area contributed by atoms with Gasteiger partial charge in [-0.2, -0.15) is 18.4 Å². The van der Waals surface area contributed by atoms with Crippen molar-refractivity contribution in [3.8, 4) is 6.07 Å². The zero-order chi connectivity index (χ0) is 14.3. The summed E-state index contributed by atoms with van der Waals surface area (Å²) in [5.41, 5.74) is -0.143. The minimum absolute atomic E-state index is 0.0705. The first-order valence-corrected chi connectivity index (χ1v) is 6.49. The molecule has 1 aromatic rings. The van der Waals surface area contributed by atoms with Crippen LogP contribution in [0.25, 0.3) is 0 Å². The van der Waals surface area contributed by atoms with Crippen molar-refractivity contribution < 1.29 is 17.9 Å². The Balaban J connectivity index is 1.92. The van der Waals surface area contributed by atoms with Gasteiger partial charge in [-0.1, -0.05) is 0 Å². The first-order valence-electron chi connectivity index (χ1n) is 6.49. The van der Waals surface area contributed by atoms with Crippen LogP contribution in [0.3, 0.4) is 0 Å². The van der Waals surface area contributed by atoms with Crippen molar-refractivity contribution in [1.29, 1.82) is 5.26 Å². The monoisotopic (exact) mass is 282 g/mol. The van der Waals surface area contributed by atoms with Crippen LogP contribution in [0, 0.1) is 11.3 Å². The molecular weight excluding hydrogens is 269 g/mol. The van der Waals surface area contributed by atoms with Crippen LogP contribution in [0.2, 0.25) is 0 Å². The molecule has 1 aromatic carbocycles. The predicted octanol–water partition coefficient (Wildman–Crippen LogP) is 2.94. The third-order valence-electron chi connectivity index (χ3n) is 3.83. The van der Waals surface area contributed by atoms with Gasteiger partial charge in [0, 0.05) is 13.1 Å². The molecule has 2 fully saturated rings. The topological polar surface area (TPSA) is 36.3 Å². The van der Waals surface area contributed by atoms with E-state index in [9.17, 15) is 13.2 Å². The molecule has 2 aliphatic rings. The normalized spacial score (nSPS) is 25.6.